The van der Waals surface area contributed by atoms with Gasteiger partial charge in [-0.3, -0.25) is 4.90 Å². The van der Waals surface area contributed by atoms with Crippen molar-refractivity contribution in [2.24, 2.45) is 0 Å². The number of halogens is 2. The van der Waals surface area contributed by atoms with Crippen molar-refractivity contribution in [2.45, 2.75) is 38.5 Å². The first-order valence-electron chi connectivity index (χ1n) is 12.0. The van der Waals surface area contributed by atoms with Gasteiger partial charge < -0.3 is 19.7 Å². The molecule has 9 heteroatoms. The van der Waals surface area contributed by atoms with Crippen LogP contribution in [0, 0.1) is 0 Å². The number of benzene rings is 1. The van der Waals surface area contributed by atoms with Crippen molar-refractivity contribution in [2.75, 3.05) is 32.9 Å². The molecule has 194 valence electrons. The summed E-state index contributed by atoms with van der Waals surface area (Å²) in [6, 6.07) is 18.2. The Kier molecular flexibility index (Phi) is 11.4. The van der Waals surface area contributed by atoms with Crippen molar-refractivity contribution in [3.05, 3.63) is 87.9 Å². The Hall–Kier alpha value is -2.26. The summed E-state index contributed by atoms with van der Waals surface area (Å²) in [4.78, 5) is 10.5. The Labute approximate surface area is 222 Å². The molecule has 0 aliphatic rings. The van der Waals surface area contributed by atoms with Crippen molar-refractivity contribution in [3.8, 4) is 5.75 Å². The van der Waals surface area contributed by atoms with Crippen LogP contribution in [0.4, 0.5) is 0 Å². The molecular weight excluding hydrogens is 501 g/mol. The van der Waals surface area contributed by atoms with Crippen molar-refractivity contribution < 1.29 is 19.7 Å². The van der Waals surface area contributed by atoms with E-state index in [1.807, 2.05) is 36.1 Å². The second-order valence-electron chi connectivity index (χ2n) is 8.50. The van der Waals surface area contributed by atoms with Gasteiger partial charge in [0, 0.05) is 25.7 Å². The van der Waals surface area contributed by atoms with E-state index in [1.165, 1.54) is 0 Å². The molecule has 0 aliphatic heterocycles. The van der Waals surface area contributed by atoms with Gasteiger partial charge >= 0.3 is 0 Å². The van der Waals surface area contributed by atoms with E-state index in [2.05, 4.69) is 16.9 Å². The average molecular weight is 534 g/mol. The third-order valence-electron chi connectivity index (χ3n) is 5.75. The summed E-state index contributed by atoms with van der Waals surface area (Å²) in [6.07, 6.45) is -1.07. The summed E-state index contributed by atoms with van der Waals surface area (Å²) in [5.41, 5.74) is 2.06. The first-order valence-corrected chi connectivity index (χ1v) is 12.8. The smallest absolute Gasteiger partial charge is 0.129 e. The Morgan fingerprint density at radius 1 is 0.833 bits per heavy atom. The number of pyridine rings is 2. The van der Waals surface area contributed by atoms with Crippen molar-refractivity contribution in [1.29, 1.82) is 0 Å². The lowest BCUT2D eigenvalue weighted by Gasteiger charge is -2.32. The Bertz CT molecular complexity index is 1020. The number of aliphatic hydroxyl groups is 2. The highest BCUT2D eigenvalue weighted by atomic mass is 35.5. The third-order valence-corrected chi connectivity index (χ3v) is 6.17. The maximum absolute atomic E-state index is 10.9. The second kappa shape index (κ2) is 14.5. The molecule has 0 amide bonds. The van der Waals surface area contributed by atoms with E-state index in [0.29, 0.717) is 47.9 Å². The van der Waals surface area contributed by atoms with Gasteiger partial charge in [0.05, 0.1) is 18.0 Å². The highest BCUT2D eigenvalue weighted by Crippen LogP contribution is 2.22. The van der Waals surface area contributed by atoms with E-state index in [-0.39, 0.29) is 19.1 Å². The first kappa shape index (κ1) is 28.3. The van der Waals surface area contributed by atoms with Gasteiger partial charge in [-0.1, -0.05) is 47.5 Å². The fourth-order valence-corrected chi connectivity index (χ4v) is 4.18. The molecule has 2 heterocycles. The van der Waals surface area contributed by atoms with Gasteiger partial charge in [0.2, 0.25) is 0 Å². The Balaban J connectivity index is 1.70. The molecule has 36 heavy (non-hydrogen) atoms. The van der Waals surface area contributed by atoms with E-state index >= 15 is 0 Å². The number of nitrogens with zero attached hydrogens (tertiary/aromatic N) is 3. The normalized spacial score (nSPS) is 14.0. The minimum absolute atomic E-state index is 0.0163. The van der Waals surface area contributed by atoms with Gasteiger partial charge in [0.25, 0.3) is 0 Å². The number of ether oxygens (including phenoxy) is 2. The molecule has 0 bridgehead atoms. The molecule has 0 spiro atoms. The zero-order valence-corrected chi connectivity index (χ0v) is 22.1. The number of aromatic nitrogens is 2. The maximum Gasteiger partial charge on any atom is 0.129 e. The monoisotopic (exact) mass is 533 g/mol. The standard InChI is InChI=1S/C27H33Cl2N3O4/c1-3-35-14-15-36-21-12-10-20(11-13-21)16-19(2)32(17-24(33)22-6-4-8-26(28)30-22)18-25(34)23-7-5-9-27(29)31-23/h4-13,19,24-25,33-34H,3,14-18H2,1-2H3/t19-,24-,25?/m1/s1. The average Bonchev–Trinajstić information content (AvgIpc) is 2.87. The third kappa shape index (κ3) is 9.00. The minimum Gasteiger partial charge on any atom is -0.491 e. The molecule has 2 N–H and O–H groups in total. The summed E-state index contributed by atoms with van der Waals surface area (Å²) < 4.78 is 11.0. The molecule has 0 radical (unpaired) electrons. The largest absolute Gasteiger partial charge is 0.491 e. The van der Waals surface area contributed by atoms with Crippen LogP contribution < -0.4 is 4.74 Å². The molecule has 3 atom stereocenters. The predicted molar refractivity (Wildman–Crippen MR) is 142 cm³/mol. The topological polar surface area (TPSA) is 87.9 Å². The Morgan fingerprint density at radius 3 is 1.89 bits per heavy atom. The molecular formula is C27H33Cl2N3O4. The van der Waals surface area contributed by atoms with Gasteiger partial charge in [-0.2, -0.15) is 0 Å². The number of rotatable bonds is 14. The minimum atomic E-state index is -0.883. The van der Waals surface area contributed by atoms with Crippen LogP contribution in [-0.4, -0.2) is 64.0 Å². The van der Waals surface area contributed by atoms with Crippen LogP contribution in [0.25, 0.3) is 0 Å². The molecule has 3 aromatic rings. The van der Waals surface area contributed by atoms with Crippen molar-refractivity contribution >= 4 is 23.2 Å². The van der Waals surface area contributed by atoms with Gasteiger partial charge in [-0.15, -0.1) is 0 Å². The quantitative estimate of drug-likeness (QED) is 0.225. The molecule has 1 aromatic carbocycles. The fourth-order valence-electron chi connectivity index (χ4n) is 3.84. The van der Waals surface area contributed by atoms with E-state index in [1.54, 1.807) is 36.4 Å². The van der Waals surface area contributed by atoms with Gasteiger partial charge in [0.1, 0.15) is 34.9 Å². The van der Waals surface area contributed by atoms with Crippen molar-refractivity contribution in [1.82, 2.24) is 14.9 Å². The van der Waals surface area contributed by atoms with Gasteiger partial charge in [0.15, 0.2) is 0 Å². The lowest BCUT2D eigenvalue weighted by Crippen LogP contribution is -2.40. The van der Waals surface area contributed by atoms with E-state index in [9.17, 15) is 10.2 Å². The highest BCUT2D eigenvalue weighted by Gasteiger charge is 2.24. The summed E-state index contributed by atoms with van der Waals surface area (Å²) in [5.74, 6) is 0.785. The van der Waals surface area contributed by atoms with Crippen molar-refractivity contribution in [3.63, 3.8) is 0 Å². The lowest BCUT2D eigenvalue weighted by atomic mass is 10.0. The SMILES string of the molecule is CCOCCOc1ccc(C[C@@H](C)N(CC(O)c2cccc(Cl)n2)C[C@@H](O)c2cccc(Cl)n2)cc1. The van der Waals surface area contributed by atoms with E-state index in [4.69, 9.17) is 32.7 Å². The van der Waals surface area contributed by atoms with E-state index in [0.717, 1.165) is 11.3 Å². The maximum atomic E-state index is 10.9. The fraction of sp³-hybridized carbons (Fsp3) is 0.407. The zero-order valence-electron chi connectivity index (χ0n) is 20.6. The lowest BCUT2D eigenvalue weighted by molar-refractivity contribution is 0.0452. The highest BCUT2D eigenvalue weighted by molar-refractivity contribution is 6.29. The molecule has 7 nitrogen and oxygen atoms in total. The summed E-state index contributed by atoms with van der Waals surface area (Å²) in [6.45, 7) is 6.24. The van der Waals surface area contributed by atoms with Gasteiger partial charge in [-0.25, -0.2) is 9.97 Å². The predicted octanol–water partition coefficient (Wildman–Crippen LogP) is 4.90. The van der Waals surface area contributed by atoms with Gasteiger partial charge in [-0.05, 0) is 62.2 Å². The summed E-state index contributed by atoms with van der Waals surface area (Å²) in [7, 11) is 0. The van der Waals surface area contributed by atoms with Crippen LogP contribution in [0.15, 0.2) is 60.7 Å². The molecule has 1 unspecified atom stereocenters. The molecule has 2 aromatic heterocycles. The van der Waals surface area contributed by atoms with Crippen LogP contribution in [-0.2, 0) is 11.2 Å². The molecule has 0 saturated carbocycles. The molecule has 0 saturated heterocycles. The molecule has 0 fully saturated rings. The summed E-state index contributed by atoms with van der Waals surface area (Å²) >= 11 is 12.0. The zero-order chi connectivity index (χ0) is 25.9. The molecule has 3 rings (SSSR count). The van der Waals surface area contributed by atoms with Crippen LogP contribution in [0.1, 0.15) is 43.0 Å². The number of hydrogen-bond donors (Lipinski definition) is 2. The first-order chi connectivity index (χ1) is 17.4. The second-order valence-corrected chi connectivity index (χ2v) is 9.27. The Morgan fingerprint density at radius 2 is 1.39 bits per heavy atom. The summed E-state index contributed by atoms with van der Waals surface area (Å²) in [5, 5.41) is 22.4. The van der Waals surface area contributed by atoms with E-state index < -0.39 is 12.2 Å². The van der Waals surface area contributed by atoms with Crippen LogP contribution >= 0.6 is 23.2 Å². The molecule has 0 aliphatic carbocycles. The number of hydrogen-bond acceptors (Lipinski definition) is 7. The number of aliphatic hydroxyl groups excluding tert-OH is 2. The van der Waals surface area contributed by atoms with Crippen LogP contribution in [0.2, 0.25) is 10.3 Å². The van der Waals surface area contributed by atoms with Crippen LogP contribution in [0.3, 0.4) is 0 Å². The van der Waals surface area contributed by atoms with Crippen LogP contribution in [0.5, 0.6) is 5.75 Å².